The van der Waals surface area contributed by atoms with Gasteiger partial charge >= 0.3 is 0 Å². The van der Waals surface area contributed by atoms with Crippen molar-refractivity contribution in [3.8, 4) is 11.5 Å². The quantitative estimate of drug-likeness (QED) is 0.501. The molecule has 4 fully saturated rings. The monoisotopic (exact) mass is 439 g/mol. The molecule has 0 saturated heterocycles. The van der Waals surface area contributed by atoms with Crippen LogP contribution < -0.4 is 14.8 Å². The predicted octanol–water partition coefficient (Wildman–Crippen LogP) is 6.62. The number of methoxy groups -OCH3 is 1. The summed E-state index contributed by atoms with van der Waals surface area (Å²) in [6, 6.07) is 14.6. The van der Waals surface area contributed by atoms with Crippen LogP contribution >= 0.6 is 11.6 Å². The van der Waals surface area contributed by atoms with E-state index in [0.717, 1.165) is 46.4 Å². The minimum Gasteiger partial charge on any atom is -0.493 e. The van der Waals surface area contributed by atoms with Crippen LogP contribution in [0.2, 0.25) is 5.02 Å². The van der Waals surface area contributed by atoms with Gasteiger partial charge in [-0.05, 0) is 92.4 Å². The highest BCUT2D eigenvalue weighted by atomic mass is 35.5. The lowest BCUT2D eigenvalue weighted by atomic mass is 9.48. The summed E-state index contributed by atoms with van der Waals surface area (Å²) >= 11 is 6.25. The van der Waals surface area contributed by atoms with E-state index in [1.54, 1.807) is 7.11 Å². The molecule has 4 aliphatic carbocycles. The molecule has 4 aliphatic rings. The fourth-order valence-electron chi connectivity index (χ4n) is 6.91. The molecule has 4 bridgehead atoms. The molecule has 3 nitrogen and oxygen atoms in total. The van der Waals surface area contributed by atoms with Crippen molar-refractivity contribution in [1.82, 2.24) is 5.32 Å². The molecule has 4 saturated carbocycles. The van der Waals surface area contributed by atoms with Crippen LogP contribution in [0.4, 0.5) is 0 Å². The number of hydrogen-bond donors (Lipinski definition) is 1. The predicted molar refractivity (Wildman–Crippen MR) is 126 cm³/mol. The Kier molecular flexibility index (Phi) is 5.92. The van der Waals surface area contributed by atoms with E-state index in [1.165, 1.54) is 44.1 Å². The number of nitrogens with one attached hydrogen (secondary N) is 1. The van der Waals surface area contributed by atoms with Gasteiger partial charge in [-0.3, -0.25) is 0 Å². The second-order valence-corrected chi connectivity index (χ2v) is 10.7. The molecule has 0 heterocycles. The van der Waals surface area contributed by atoms with Gasteiger partial charge in [0.25, 0.3) is 0 Å². The summed E-state index contributed by atoms with van der Waals surface area (Å²) < 4.78 is 11.6. The van der Waals surface area contributed by atoms with Crippen LogP contribution in [0.15, 0.2) is 42.5 Å². The van der Waals surface area contributed by atoms with Crippen LogP contribution in [0, 0.1) is 23.2 Å². The summed E-state index contributed by atoms with van der Waals surface area (Å²) in [5, 5.41) is 4.60. The maximum atomic E-state index is 6.25. The van der Waals surface area contributed by atoms with Gasteiger partial charge < -0.3 is 14.8 Å². The van der Waals surface area contributed by atoms with Crippen molar-refractivity contribution < 1.29 is 9.47 Å². The Morgan fingerprint density at radius 1 is 1.00 bits per heavy atom. The van der Waals surface area contributed by atoms with Crippen molar-refractivity contribution in [2.45, 2.75) is 64.6 Å². The average Bonchev–Trinajstić information content (AvgIpc) is 2.76. The van der Waals surface area contributed by atoms with E-state index in [0.29, 0.717) is 18.1 Å². The molecule has 0 spiro atoms. The van der Waals surface area contributed by atoms with E-state index < -0.39 is 0 Å². The van der Waals surface area contributed by atoms with E-state index in [2.05, 4.69) is 24.4 Å². The zero-order valence-corrected chi connectivity index (χ0v) is 19.5. The third-order valence-electron chi connectivity index (χ3n) is 8.19. The Hall–Kier alpha value is -1.71. The number of halogens is 1. The maximum Gasteiger partial charge on any atom is 0.161 e. The molecule has 0 aliphatic heterocycles. The Morgan fingerprint density at radius 2 is 1.68 bits per heavy atom. The van der Waals surface area contributed by atoms with Crippen LogP contribution in [-0.4, -0.2) is 13.2 Å². The number of rotatable bonds is 8. The first-order valence-corrected chi connectivity index (χ1v) is 12.2. The van der Waals surface area contributed by atoms with Crippen molar-refractivity contribution >= 4 is 11.6 Å². The highest BCUT2D eigenvalue weighted by molar-refractivity contribution is 6.31. The average molecular weight is 440 g/mol. The Labute approximate surface area is 191 Å². The van der Waals surface area contributed by atoms with Gasteiger partial charge in [-0.25, -0.2) is 0 Å². The highest BCUT2D eigenvalue weighted by Crippen LogP contribution is 2.61. The zero-order chi connectivity index (χ0) is 21.4. The molecular formula is C27H34ClNO2. The topological polar surface area (TPSA) is 30.5 Å². The first kappa shape index (κ1) is 21.2. The molecule has 0 aromatic heterocycles. The number of hydrogen-bond acceptors (Lipinski definition) is 3. The van der Waals surface area contributed by atoms with Gasteiger partial charge in [0.05, 0.1) is 7.11 Å². The summed E-state index contributed by atoms with van der Waals surface area (Å²) in [6.45, 7) is 3.71. The fraction of sp³-hybridized carbons (Fsp3) is 0.556. The number of benzene rings is 2. The largest absolute Gasteiger partial charge is 0.493 e. The second-order valence-electron chi connectivity index (χ2n) is 10.2. The lowest BCUT2D eigenvalue weighted by molar-refractivity contribution is -0.0706. The molecule has 0 amide bonds. The van der Waals surface area contributed by atoms with Gasteiger partial charge in [0, 0.05) is 23.2 Å². The molecule has 4 heteroatoms. The zero-order valence-electron chi connectivity index (χ0n) is 18.7. The van der Waals surface area contributed by atoms with Gasteiger partial charge in [-0.1, -0.05) is 35.9 Å². The van der Waals surface area contributed by atoms with E-state index in [4.69, 9.17) is 21.1 Å². The third-order valence-corrected chi connectivity index (χ3v) is 8.55. The SMILES string of the molecule is COc1cc(CNC(C)C23CC4CC(CC(C4)C2)C3)ccc1OCc1ccccc1Cl. The minimum absolute atomic E-state index is 0.427. The summed E-state index contributed by atoms with van der Waals surface area (Å²) in [4.78, 5) is 0. The van der Waals surface area contributed by atoms with E-state index in [1.807, 2.05) is 30.3 Å². The van der Waals surface area contributed by atoms with Crippen LogP contribution in [0.5, 0.6) is 11.5 Å². The maximum absolute atomic E-state index is 6.25. The van der Waals surface area contributed by atoms with E-state index in [-0.39, 0.29) is 0 Å². The standard InChI is InChI=1S/C27H34ClNO2/c1-18(27-13-20-9-21(14-27)11-22(10-20)15-27)29-16-19-7-8-25(26(12-19)30-2)31-17-23-5-3-4-6-24(23)28/h3-8,12,18,20-22,29H,9-11,13-17H2,1-2H3. The van der Waals surface area contributed by atoms with Crippen LogP contribution in [-0.2, 0) is 13.2 Å². The van der Waals surface area contributed by atoms with Crippen molar-refractivity contribution in [1.29, 1.82) is 0 Å². The van der Waals surface area contributed by atoms with Crippen molar-refractivity contribution in [3.63, 3.8) is 0 Å². The van der Waals surface area contributed by atoms with E-state index >= 15 is 0 Å². The van der Waals surface area contributed by atoms with Gasteiger partial charge in [-0.2, -0.15) is 0 Å². The molecule has 0 radical (unpaired) electrons. The van der Waals surface area contributed by atoms with Gasteiger partial charge in [-0.15, -0.1) is 0 Å². The number of ether oxygens (including phenoxy) is 2. The molecule has 2 aromatic carbocycles. The Bertz CT molecular complexity index is 892. The molecule has 1 atom stereocenters. The molecular weight excluding hydrogens is 406 g/mol. The fourth-order valence-corrected chi connectivity index (χ4v) is 7.10. The van der Waals surface area contributed by atoms with Crippen LogP contribution in [0.3, 0.4) is 0 Å². The highest BCUT2D eigenvalue weighted by Gasteiger charge is 2.52. The van der Waals surface area contributed by atoms with Crippen LogP contribution in [0.1, 0.15) is 56.6 Å². The van der Waals surface area contributed by atoms with Crippen molar-refractivity contribution in [3.05, 3.63) is 58.6 Å². The molecule has 6 rings (SSSR count). The summed E-state index contributed by atoms with van der Waals surface area (Å²) in [5.74, 6) is 4.49. The van der Waals surface area contributed by atoms with Crippen molar-refractivity contribution in [2.75, 3.05) is 7.11 Å². The van der Waals surface area contributed by atoms with Gasteiger partial charge in [0.1, 0.15) is 6.61 Å². The van der Waals surface area contributed by atoms with Crippen molar-refractivity contribution in [2.24, 2.45) is 23.2 Å². The Morgan fingerprint density at radius 3 is 2.32 bits per heavy atom. The first-order chi connectivity index (χ1) is 15.0. The van der Waals surface area contributed by atoms with Gasteiger partial charge in [0.15, 0.2) is 11.5 Å². The lowest BCUT2D eigenvalue weighted by Gasteiger charge is -2.59. The second kappa shape index (κ2) is 8.67. The molecule has 1 unspecified atom stereocenters. The smallest absolute Gasteiger partial charge is 0.161 e. The van der Waals surface area contributed by atoms with Gasteiger partial charge in [0.2, 0.25) is 0 Å². The Balaban J connectivity index is 1.21. The first-order valence-electron chi connectivity index (χ1n) is 11.8. The molecule has 166 valence electrons. The van der Waals surface area contributed by atoms with E-state index in [9.17, 15) is 0 Å². The van der Waals surface area contributed by atoms with Crippen LogP contribution in [0.25, 0.3) is 0 Å². The molecule has 31 heavy (non-hydrogen) atoms. The lowest BCUT2D eigenvalue weighted by Crippen LogP contribution is -2.54. The molecule has 1 N–H and O–H groups in total. The summed E-state index contributed by atoms with van der Waals surface area (Å²) in [5.41, 5.74) is 2.73. The minimum atomic E-state index is 0.427. The summed E-state index contributed by atoms with van der Waals surface area (Å²) in [7, 11) is 1.70. The normalized spacial score (nSPS) is 29.7. The summed E-state index contributed by atoms with van der Waals surface area (Å²) in [6.07, 6.45) is 8.80. The molecule has 2 aromatic rings. The third kappa shape index (κ3) is 4.32.